The quantitative estimate of drug-likeness (QED) is 0.881. The number of imidazole rings is 1. The Morgan fingerprint density at radius 3 is 2.85 bits per heavy atom. The molecule has 0 aliphatic heterocycles. The van der Waals surface area contributed by atoms with Crippen LogP contribution in [0, 0.1) is 0 Å². The minimum atomic E-state index is -0.927. The normalized spacial score (nSPS) is 12.8. The molecule has 0 bridgehead atoms. The first-order valence-electron chi connectivity index (χ1n) is 6.81. The lowest BCUT2D eigenvalue weighted by Gasteiger charge is -2.16. The fourth-order valence-corrected chi connectivity index (χ4v) is 2.49. The fourth-order valence-electron chi connectivity index (χ4n) is 2.49. The van der Waals surface area contributed by atoms with Gasteiger partial charge in [0.1, 0.15) is 5.82 Å². The summed E-state index contributed by atoms with van der Waals surface area (Å²) in [7, 11) is 1.68. The minimum Gasteiger partial charge on any atom is -0.478 e. The van der Waals surface area contributed by atoms with Crippen molar-refractivity contribution in [1.29, 1.82) is 0 Å². The van der Waals surface area contributed by atoms with Crippen LogP contribution in [0.5, 0.6) is 0 Å². The van der Waals surface area contributed by atoms with Gasteiger partial charge in [0, 0.05) is 13.5 Å². The van der Waals surface area contributed by atoms with Gasteiger partial charge < -0.3 is 14.4 Å². The lowest BCUT2D eigenvalue weighted by molar-refractivity contribution is 0.0697. The van der Waals surface area contributed by atoms with Crippen LogP contribution in [0.1, 0.15) is 42.5 Å². The molecule has 0 aliphatic rings. The molecule has 1 atom stereocenters. The van der Waals surface area contributed by atoms with Crippen LogP contribution in [0.15, 0.2) is 18.2 Å². The fraction of sp³-hybridized carbons (Fsp3) is 0.467. The predicted molar refractivity (Wildman–Crippen MR) is 77.3 cm³/mol. The summed E-state index contributed by atoms with van der Waals surface area (Å²) in [5.74, 6) is 0.0537. The molecule has 0 saturated heterocycles. The number of rotatable bonds is 6. The number of fused-ring (bicyclic) bond motifs is 1. The Morgan fingerprint density at radius 2 is 2.25 bits per heavy atom. The van der Waals surface area contributed by atoms with Gasteiger partial charge in [-0.05, 0) is 31.5 Å². The maximum atomic E-state index is 11.0. The first-order valence-corrected chi connectivity index (χ1v) is 6.81. The second-order valence-electron chi connectivity index (χ2n) is 4.96. The van der Waals surface area contributed by atoms with E-state index in [0.29, 0.717) is 6.61 Å². The molecule has 2 rings (SSSR count). The first kappa shape index (κ1) is 14.5. The number of aromatic carboxylic acids is 1. The van der Waals surface area contributed by atoms with Crippen molar-refractivity contribution >= 4 is 17.0 Å². The molecular weight excluding hydrogens is 256 g/mol. The number of carboxylic acids is 1. The molecule has 1 aromatic heterocycles. The van der Waals surface area contributed by atoms with Gasteiger partial charge in [-0.2, -0.15) is 0 Å². The molecule has 0 spiro atoms. The number of ether oxygens (including phenoxy) is 1. The number of nitrogens with zero attached hydrogens (tertiary/aromatic N) is 2. The molecular formula is C15H20N2O3. The van der Waals surface area contributed by atoms with Gasteiger partial charge in [-0.1, -0.05) is 6.92 Å². The highest BCUT2D eigenvalue weighted by Gasteiger charge is 2.16. The summed E-state index contributed by atoms with van der Waals surface area (Å²) in [6.45, 7) is 4.78. The van der Waals surface area contributed by atoms with Gasteiger partial charge in [0.2, 0.25) is 0 Å². The number of hydrogen-bond donors (Lipinski definition) is 1. The maximum Gasteiger partial charge on any atom is 0.335 e. The van der Waals surface area contributed by atoms with Crippen molar-refractivity contribution in [2.24, 2.45) is 0 Å². The van der Waals surface area contributed by atoms with Gasteiger partial charge in [-0.15, -0.1) is 0 Å². The van der Waals surface area contributed by atoms with Crippen LogP contribution >= 0.6 is 0 Å². The first-order chi connectivity index (χ1) is 9.58. The third-order valence-corrected chi connectivity index (χ3v) is 3.33. The Labute approximate surface area is 118 Å². The number of methoxy groups -OCH3 is 1. The summed E-state index contributed by atoms with van der Waals surface area (Å²) in [6.07, 6.45) is 1.86. The average molecular weight is 276 g/mol. The average Bonchev–Trinajstić information content (AvgIpc) is 2.76. The molecule has 1 unspecified atom stereocenters. The van der Waals surface area contributed by atoms with E-state index in [1.807, 2.05) is 6.07 Å². The molecule has 2 aromatic rings. The number of carbonyl (C=O) groups is 1. The second-order valence-corrected chi connectivity index (χ2v) is 4.96. The topological polar surface area (TPSA) is 64.3 Å². The number of aryl methyl sites for hydroxylation is 1. The highest BCUT2D eigenvalue weighted by Crippen LogP contribution is 2.23. The van der Waals surface area contributed by atoms with E-state index < -0.39 is 5.97 Å². The van der Waals surface area contributed by atoms with E-state index >= 15 is 0 Å². The Hall–Kier alpha value is -1.88. The Morgan fingerprint density at radius 1 is 1.50 bits per heavy atom. The molecule has 0 amide bonds. The summed E-state index contributed by atoms with van der Waals surface area (Å²) in [6, 6.07) is 5.25. The molecule has 1 aromatic carbocycles. The number of benzene rings is 1. The monoisotopic (exact) mass is 276 g/mol. The van der Waals surface area contributed by atoms with Crippen molar-refractivity contribution in [3.63, 3.8) is 0 Å². The lowest BCUT2D eigenvalue weighted by Crippen LogP contribution is -2.14. The van der Waals surface area contributed by atoms with Crippen LogP contribution in [0.3, 0.4) is 0 Å². The van der Waals surface area contributed by atoms with Crippen molar-refractivity contribution in [2.45, 2.75) is 32.7 Å². The number of aromatic nitrogens is 2. The van der Waals surface area contributed by atoms with Crippen LogP contribution in [0.4, 0.5) is 0 Å². The summed E-state index contributed by atoms with van der Waals surface area (Å²) in [5.41, 5.74) is 1.96. The van der Waals surface area contributed by atoms with Gasteiger partial charge >= 0.3 is 5.97 Å². The van der Waals surface area contributed by atoms with Gasteiger partial charge in [0.05, 0.1) is 29.2 Å². The zero-order chi connectivity index (χ0) is 14.7. The SMILES string of the molecule is CCCc1nc2cc(C(=O)O)ccc2n1C(C)COC. The summed E-state index contributed by atoms with van der Waals surface area (Å²) < 4.78 is 7.38. The van der Waals surface area contributed by atoms with E-state index in [1.54, 1.807) is 19.2 Å². The van der Waals surface area contributed by atoms with Crippen molar-refractivity contribution in [3.05, 3.63) is 29.6 Å². The van der Waals surface area contributed by atoms with Crippen molar-refractivity contribution < 1.29 is 14.6 Å². The highest BCUT2D eigenvalue weighted by molar-refractivity contribution is 5.92. The molecule has 0 radical (unpaired) electrons. The number of carboxylic acid groups (broad SMARTS) is 1. The van der Waals surface area contributed by atoms with E-state index in [-0.39, 0.29) is 11.6 Å². The number of hydrogen-bond acceptors (Lipinski definition) is 3. The zero-order valence-corrected chi connectivity index (χ0v) is 12.1. The molecule has 20 heavy (non-hydrogen) atoms. The summed E-state index contributed by atoms with van der Waals surface area (Å²) in [5, 5.41) is 9.06. The lowest BCUT2D eigenvalue weighted by atomic mass is 10.2. The van der Waals surface area contributed by atoms with Gasteiger partial charge in [0.15, 0.2) is 0 Å². The van der Waals surface area contributed by atoms with Gasteiger partial charge in [-0.25, -0.2) is 9.78 Å². The van der Waals surface area contributed by atoms with Gasteiger partial charge in [0.25, 0.3) is 0 Å². The third-order valence-electron chi connectivity index (χ3n) is 3.33. The Balaban J connectivity index is 2.57. The standard InChI is InChI=1S/C15H20N2O3/c1-4-5-14-16-12-8-11(15(18)19)6-7-13(12)17(14)10(2)9-20-3/h6-8,10H,4-5,9H2,1-3H3,(H,18,19). The van der Waals surface area contributed by atoms with Gasteiger partial charge in [-0.3, -0.25) is 0 Å². The Kier molecular flexibility index (Phi) is 4.39. The third kappa shape index (κ3) is 2.67. The van der Waals surface area contributed by atoms with E-state index in [0.717, 1.165) is 29.7 Å². The smallest absolute Gasteiger partial charge is 0.335 e. The molecule has 0 fully saturated rings. The molecule has 5 heteroatoms. The van der Waals surface area contributed by atoms with Crippen LogP contribution in [-0.4, -0.2) is 34.3 Å². The molecule has 108 valence electrons. The maximum absolute atomic E-state index is 11.0. The zero-order valence-electron chi connectivity index (χ0n) is 12.1. The van der Waals surface area contributed by atoms with E-state index in [2.05, 4.69) is 23.4 Å². The summed E-state index contributed by atoms with van der Waals surface area (Å²) in [4.78, 5) is 15.6. The van der Waals surface area contributed by atoms with E-state index in [1.165, 1.54) is 0 Å². The highest BCUT2D eigenvalue weighted by atomic mass is 16.5. The largest absolute Gasteiger partial charge is 0.478 e. The molecule has 5 nitrogen and oxygen atoms in total. The van der Waals surface area contributed by atoms with Crippen molar-refractivity contribution in [2.75, 3.05) is 13.7 Å². The minimum absolute atomic E-state index is 0.169. The van der Waals surface area contributed by atoms with Crippen LogP contribution in [-0.2, 0) is 11.2 Å². The van der Waals surface area contributed by atoms with Crippen LogP contribution < -0.4 is 0 Å². The second kappa shape index (κ2) is 6.05. The van der Waals surface area contributed by atoms with Crippen molar-refractivity contribution in [1.82, 2.24) is 9.55 Å². The van der Waals surface area contributed by atoms with E-state index in [9.17, 15) is 4.79 Å². The van der Waals surface area contributed by atoms with Crippen LogP contribution in [0.25, 0.3) is 11.0 Å². The molecule has 1 heterocycles. The van der Waals surface area contributed by atoms with Crippen molar-refractivity contribution in [3.8, 4) is 0 Å². The molecule has 1 N–H and O–H groups in total. The Bertz CT molecular complexity index is 619. The van der Waals surface area contributed by atoms with Crippen LogP contribution in [0.2, 0.25) is 0 Å². The predicted octanol–water partition coefficient (Wildman–Crippen LogP) is 2.89. The summed E-state index contributed by atoms with van der Waals surface area (Å²) >= 11 is 0. The molecule has 0 aliphatic carbocycles. The van der Waals surface area contributed by atoms with E-state index in [4.69, 9.17) is 9.84 Å². The molecule has 0 saturated carbocycles.